The van der Waals surface area contributed by atoms with Gasteiger partial charge in [0, 0.05) is 36.3 Å². The second kappa shape index (κ2) is 8.73. The summed E-state index contributed by atoms with van der Waals surface area (Å²) in [5, 5.41) is 4.56. The van der Waals surface area contributed by atoms with Gasteiger partial charge in [0.15, 0.2) is 6.29 Å². The van der Waals surface area contributed by atoms with Crippen LogP contribution in [0.5, 0.6) is 0 Å². The van der Waals surface area contributed by atoms with Crippen molar-refractivity contribution in [2.45, 2.75) is 26.7 Å². The third kappa shape index (κ3) is 5.55. The number of ether oxygens (including phenoxy) is 2. The number of hydrogen-bond donors (Lipinski definition) is 1. The average molecular weight is 292 g/mol. The summed E-state index contributed by atoms with van der Waals surface area (Å²) in [5.41, 5.74) is 1.01. The van der Waals surface area contributed by atoms with Crippen molar-refractivity contribution in [3.63, 3.8) is 0 Å². The summed E-state index contributed by atoms with van der Waals surface area (Å²) in [6.07, 6.45) is -0.217. The molecule has 0 aliphatic carbocycles. The molecular weight excluding hydrogens is 273 g/mol. The molecule has 0 aliphatic rings. The Balaban J connectivity index is 2.39. The summed E-state index contributed by atoms with van der Waals surface area (Å²) in [7, 11) is 0. The molecule has 0 radical (unpaired) electrons. The van der Waals surface area contributed by atoms with Crippen molar-refractivity contribution in [3.05, 3.63) is 33.8 Å². The van der Waals surface area contributed by atoms with Crippen molar-refractivity contribution in [3.8, 4) is 0 Å². The van der Waals surface area contributed by atoms with E-state index >= 15 is 0 Å². The Hall–Kier alpha value is -0.320. The zero-order valence-electron chi connectivity index (χ0n) is 10.7. The van der Waals surface area contributed by atoms with Crippen molar-refractivity contribution in [1.82, 2.24) is 5.32 Å². The fourth-order valence-electron chi connectivity index (χ4n) is 1.53. The average Bonchev–Trinajstić information content (AvgIpc) is 2.32. The molecule has 0 spiro atoms. The third-order valence-electron chi connectivity index (χ3n) is 2.35. The minimum atomic E-state index is -0.217. The van der Waals surface area contributed by atoms with E-state index in [1.165, 1.54) is 0 Å². The monoisotopic (exact) mass is 291 g/mol. The van der Waals surface area contributed by atoms with E-state index in [0.717, 1.165) is 5.56 Å². The largest absolute Gasteiger partial charge is 0.352 e. The van der Waals surface area contributed by atoms with Crippen LogP contribution in [0.1, 0.15) is 19.4 Å². The quantitative estimate of drug-likeness (QED) is 0.744. The predicted octanol–water partition coefficient (Wildman–Crippen LogP) is 3.48. The van der Waals surface area contributed by atoms with Crippen LogP contribution in [0.2, 0.25) is 10.0 Å². The van der Waals surface area contributed by atoms with Crippen molar-refractivity contribution < 1.29 is 9.47 Å². The molecule has 0 saturated heterocycles. The second-order valence-corrected chi connectivity index (χ2v) is 4.55. The first kappa shape index (κ1) is 15.7. The first-order valence-corrected chi connectivity index (χ1v) is 6.80. The molecule has 0 unspecified atom stereocenters. The van der Waals surface area contributed by atoms with E-state index in [1.807, 2.05) is 26.0 Å². The molecule has 0 heterocycles. The van der Waals surface area contributed by atoms with Gasteiger partial charge in [0.2, 0.25) is 0 Å². The van der Waals surface area contributed by atoms with E-state index in [9.17, 15) is 0 Å². The third-order valence-corrected chi connectivity index (χ3v) is 2.93. The van der Waals surface area contributed by atoms with Crippen LogP contribution in [0.15, 0.2) is 18.2 Å². The summed E-state index contributed by atoms with van der Waals surface area (Å²) in [5.74, 6) is 0. The van der Waals surface area contributed by atoms with E-state index in [-0.39, 0.29) is 6.29 Å². The summed E-state index contributed by atoms with van der Waals surface area (Å²) in [6.45, 7) is 6.44. The van der Waals surface area contributed by atoms with Gasteiger partial charge in [-0.1, -0.05) is 29.3 Å². The minimum Gasteiger partial charge on any atom is -0.352 e. The molecule has 1 aromatic rings. The van der Waals surface area contributed by atoms with E-state index in [4.69, 9.17) is 32.7 Å². The second-order valence-electron chi connectivity index (χ2n) is 3.71. The van der Waals surface area contributed by atoms with Gasteiger partial charge in [0.1, 0.15) is 0 Å². The Labute approximate surface area is 118 Å². The molecule has 0 saturated carbocycles. The molecule has 0 atom stereocenters. The van der Waals surface area contributed by atoms with Gasteiger partial charge in [0.25, 0.3) is 0 Å². The maximum Gasteiger partial charge on any atom is 0.169 e. The number of rotatable bonds is 8. The van der Waals surface area contributed by atoms with Crippen LogP contribution in [-0.4, -0.2) is 26.0 Å². The van der Waals surface area contributed by atoms with Crippen molar-refractivity contribution in [2.75, 3.05) is 19.8 Å². The van der Waals surface area contributed by atoms with Crippen LogP contribution in [-0.2, 0) is 16.0 Å². The number of nitrogens with one attached hydrogen (secondary N) is 1. The molecule has 3 nitrogen and oxygen atoms in total. The van der Waals surface area contributed by atoms with Crippen LogP contribution in [0, 0.1) is 0 Å². The summed E-state index contributed by atoms with van der Waals surface area (Å²) >= 11 is 11.9. The van der Waals surface area contributed by atoms with Crippen LogP contribution in [0.25, 0.3) is 0 Å². The maximum absolute atomic E-state index is 6.08. The number of hydrogen-bond acceptors (Lipinski definition) is 3. The lowest BCUT2D eigenvalue weighted by Crippen LogP contribution is -2.31. The smallest absolute Gasteiger partial charge is 0.169 e. The lowest BCUT2D eigenvalue weighted by Gasteiger charge is -2.17. The fraction of sp³-hybridized carbons (Fsp3) is 0.538. The van der Waals surface area contributed by atoms with Crippen LogP contribution < -0.4 is 5.32 Å². The highest BCUT2D eigenvalue weighted by atomic mass is 35.5. The molecular formula is C13H19Cl2NO2. The molecule has 1 N–H and O–H groups in total. The van der Waals surface area contributed by atoms with E-state index in [2.05, 4.69) is 5.32 Å². The Morgan fingerprint density at radius 2 is 1.83 bits per heavy atom. The number of halogens is 2. The topological polar surface area (TPSA) is 30.5 Å². The highest BCUT2D eigenvalue weighted by Crippen LogP contribution is 2.20. The van der Waals surface area contributed by atoms with Crippen molar-refractivity contribution in [2.24, 2.45) is 0 Å². The first-order chi connectivity index (χ1) is 8.67. The van der Waals surface area contributed by atoms with Gasteiger partial charge in [-0.2, -0.15) is 0 Å². The molecule has 0 bridgehead atoms. The van der Waals surface area contributed by atoms with Crippen molar-refractivity contribution in [1.29, 1.82) is 0 Å². The molecule has 1 aromatic carbocycles. The van der Waals surface area contributed by atoms with E-state index in [1.54, 1.807) is 6.07 Å². The Morgan fingerprint density at radius 3 is 2.39 bits per heavy atom. The molecule has 18 heavy (non-hydrogen) atoms. The standard InChI is InChI=1S/C13H19Cl2NO2/c1-3-17-13(18-4-2)9-16-8-10-5-6-11(14)7-12(10)15/h5-7,13,16H,3-4,8-9H2,1-2H3. The molecule has 5 heteroatoms. The highest BCUT2D eigenvalue weighted by molar-refractivity contribution is 6.35. The van der Waals surface area contributed by atoms with Gasteiger partial charge < -0.3 is 14.8 Å². The van der Waals surface area contributed by atoms with Crippen LogP contribution in [0.4, 0.5) is 0 Å². The maximum atomic E-state index is 6.08. The van der Waals surface area contributed by atoms with Gasteiger partial charge in [-0.05, 0) is 31.5 Å². The van der Waals surface area contributed by atoms with Crippen LogP contribution >= 0.6 is 23.2 Å². The molecule has 0 aliphatic heterocycles. The van der Waals surface area contributed by atoms with Gasteiger partial charge in [-0.3, -0.25) is 0 Å². The van der Waals surface area contributed by atoms with Gasteiger partial charge in [0.05, 0.1) is 0 Å². The molecule has 102 valence electrons. The van der Waals surface area contributed by atoms with E-state index < -0.39 is 0 Å². The molecule has 0 fully saturated rings. The van der Waals surface area contributed by atoms with Gasteiger partial charge in [-0.15, -0.1) is 0 Å². The summed E-state index contributed by atoms with van der Waals surface area (Å²) in [4.78, 5) is 0. The Kier molecular flexibility index (Phi) is 7.63. The van der Waals surface area contributed by atoms with Crippen molar-refractivity contribution >= 4 is 23.2 Å². The summed E-state index contributed by atoms with van der Waals surface area (Å²) < 4.78 is 10.9. The molecule has 0 amide bonds. The normalized spacial score (nSPS) is 11.2. The predicted molar refractivity (Wildman–Crippen MR) is 75.2 cm³/mol. The first-order valence-electron chi connectivity index (χ1n) is 6.05. The van der Waals surface area contributed by atoms with E-state index in [0.29, 0.717) is 36.3 Å². The Morgan fingerprint density at radius 1 is 1.17 bits per heavy atom. The summed E-state index contributed by atoms with van der Waals surface area (Å²) in [6, 6.07) is 5.48. The lowest BCUT2D eigenvalue weighted by atomic mass is 10.2. The van der Waals surface area contributed by atoms with Gasteiger partial charge >= 0.3 is 0 Å². The number of benzene rings is 1. The lowest BCUT2D eigenvalue weighted by molar-refractivity contribution is -0.133. The fourth-order valence-corrected chi connectivity index (χ4v) is 2.00. The Bertz CT molecular complexity index is 355. The molecule has 0 aromatic heterocycles. The zero-order valence-corrected chi connectivity index (χ0v) is 12.2. The minimum absolute atomic E-state index is 0.217. The highest BCUT2D eigenvalue weighted by Gasteiger charge is 2.07. The molecule has 1 rings (SSSR count). The van der Waals surface area contributed by atoms with Crippen LogP contribution in [0.3, 0.4) is 0 Å². The SMILES string of the molecule is CCOC(CNCc1ccc(Cl)cc1Cl)OCC. The zero-order chi connectivity index (χ0) is 13.4. The van der Waals surface area contributed by atoms with Gasteiger partial charge in [-0.25, -0.2) is 0 Å².